The quantitative estimate of drug-likeness (QED) is 0.629. The molecule has 1 aliphatic rings. The molecule has 0 bridgehead atoms. The van der Waals surface area contributed by atoms with E-state index in [0.717, 1.165) is 32.4 Å². The molecule has 4 nitrogen and oxygen atoms in total. The Kier molecular flexibility index (Phi) is 5.98. The Bertz CT molecular complexity index is 254. The van der Waals surface area contributed by atoms with Gasteiger partial charge in [0.2, 0.25) is 5.91 Å². The summed E-state index contributed by atoms with van der Waals surface area (Å²) in [6, 6.07) is 0.502. The van der Waals surface area contributed by atoms with Crippen molar-refractivity contribution in [1.29, 1.82) is 0 Å². The Morgan fingerprint density at radius 3 is 2.69 bits per heavy atom. The molecule has 1 rings (SSSR count). The summed E-state index contributed by atoms with van der Waals surface area (Å²) in [5, 5.41) is 3.11. The molecule has 0 aliphatic heterocycles. The number of nitrogens with zero attached hydrogens (tertiary/aromatic N) is 1. The lowest BCUT2D eigenvalue weighted by atomic mass is 10.4. The molecule has 1 aliphatic carbocycles. The van der Waals surface area contributed by atoms with Crippen LogP contribution in [0.3, 0.4) is 0 Å². The number of carbonyl (C=O) groups excluding carboxylic acids is 1. The topological polar surface area (TPSA) is 49.4 Å². The van der Waals surface area contributed by atoms with E-state index < -0.39 is 10.8 Å². The molecule has 0 aromatic heterocycles. The maximum Gasteiger partial charge on any atom is 0.236 e. The average Bonchev–Trinajstić information content (AvgIpc) is 3.02. The van der Waals surface area contributed by atoms with Gasteiger partial charge in [0.05, 0.1) is 6.54 Å². The monoisotopic (exact) mass is 246 g/mol. The van der Waals surface area contributed by atoms with Gasteiger partial charge in [-0.2, -0.15) is 0 Å². The highest BCUT2D eigenvalue weighted by atomic mass is 32.2. The second-order valence-corrected chi connectivity index (χ2v) is 5.77. The molecule has 1 saturated carbocycles. The number of amides is 1. The molecule has 1 fully saturated rings. The highest BCUT2D eigenvalue weighted by Gasteiger charge is 2.30. The van der Waals surface area contributed by atoms with Crippen LogP contribution in [-0.2, 0) is 15.6 Å². The van der Waals surface area contributed by atoms with E-state index in [0.29, 0.717) is 18.3 Å². The van der Waals surface area contributed by atoms with Crippen LogP contribution in [-0.4, -0.2) is 52.7 Å². The van der Waals surface area contributed by atoms with Gasteiger partial charge in [0.1, 0.15) is 0 Å². The van der Waals surface area contributed by atoms with Gasteiger partial charge in [-0.25, -0.2) is 0 Å². The zero-order valence-electron chi connectivity index (χ0n) is 10.2. The molecule has 16 heavy (non-hydrogen) atoms. The van der Waals surface area contributed by atoms with Gasteiger partial charge >= 0.3 is 0 Å². The summed E-state index contributed by atoms with van der Waals surface area (Å²) in [6.45, 7) is 4.02. The van der Waals surface area contributed by atoms with Crippen LogP contribution in [0.5, 0.6) is 0 Å². The Morgan fingerprint density at radius 2 is 2.19 bits per heavy atom. The summed E-state index contributed by atoms with van der Waals surface area (Å²) in [5.41, 5.74) is 0. The first-order chi connectivity index (χ1) is 7.65. The zero-order valence-corrected chi connectivity index (χ0v) is 11.0. The molecule has 0 saturated heterocycles. The van der Waals surface area contributed by atoms with Crippen LogP contribution in [0.15, 0.2) is 0 Å². The number of carbonyl (C=O) groups is 1. The van der Waals surface area contributed by atoms with Crippen LogP contribution in [0.4, 0.5) is 0 Å². The van der Waals surface area contributed by atoms with Crippen LogP contribution in [0.2, 0.25) is 0 Å². The van der Waals surface area contributed by atoms with Gasteiger partial charge in [-0.3, -0.25) is 9.00 Å². The summed E-state index contributed by atoms with van der Waals surface area (Å²) in [5.74, 6) is 0.907. The highest BCUT2D eigenvalue weighted by Crippen LogP contribution is 2.26. The van der Waals surface area contributed by atoms with Crippen molar-refractivity contribution in [2.24, 2.45) is 0 Å². The molecule has 1 unspecified atom stereocenters. The van der Waals surface area contributed by atoms with Crippen molar-refractivity contribution in [3.05, 3.63) is 0 Å². The summed E-state index contributed by atoms with van der Waals surface area (Å²) in [6.07, 6.45) is 4.89. The number of likely N-dealkylation sites (N-methyl/N-ethyl adjacent to an activating group) is 1. The van der Waals surface area contributed by atoms with Crippen molar-refractivity contribution in [1.82, 2.24) is 10.2 Å². The van der Waals surface area contributed by atoms with Crippen LogP contribution in [0.1, 0.15) is 26.2 Å². The normalized spacial score (nSPS) is 17.1. The lowest BCUT2D eigenvalue weighted by Gasteiger charge is -2.20. The second-order valence-electron chi connectivity index (χ2n) is 4.22. The van der Waals surface area contributed by atoms with Gasteiger partial charge in [0, 0.05) is 35.4 Å². The molecule has 0 heterocycles. The summed E-state index contributed by atoms with van der Waals surface area (Å²) in [7, 11) is -0.723. The Balaban J connectivity index is 2.07. The minimum absolute atomic E-state index is 0.197. The van der Waals surface area contributed by atoms with E-state index in [4.69, 9.17) is 0 Å². The van der Waals surface area contributed by atoms with Gasteiger partial charge in [0.25, 0.3) is 0 Å². The lowest BCUT2D eigenvalue weighted by molar-refractivity contribution is -0.130. The van der Waals surface area contributed by atoms with E-state index in [-0.39, 0.29) is 5.91 Å². The van der Waals surface area contributed by atoms with Gasteiger partial charge in [-0.05, 0) is 32.7 Å². The first kappa shape index (κ1) is 13.6. The molecule has 94 valence electrons. The first-order valence-corrected chi connectivity index (χ1v) is 7.68. The molecular weight excluding hydrogens is 224 g/mol. The molecular formula is C11H22N2O2S. The highest BCUT2D eigenvalue weighted by molar-refractivity contribution is 7.84. The van der Waals surface area contributed by atoms with Gasteiger partial charge in [0.15, 0.2) is 0 Å². The van der Waals surface area contributed by atoms with Crippen LogP contribution in [0, 0.1) is 0 Å². The number of hydrogen-bond donors (Lipinski definition) is 1. The third-order valence-electron chi connectivity index (χ3n) is 2.71. The van der Waals surface area contributed by atoms with Crippen molar-refractivity contribution >= 4 is 16.7 Å². The van der Waals surface area contributed by atoms with E-state index >= 15 is 0 Å². The summed E-state index contributed by atoms with van der Waals surface area (Å²) < 4.78 is 10.8. The predicted octanol–water partition coefficient (Wildman–Crippen LogP) is 0.356. The lowest BCUT2D eigenvalue weighted by Crippen LogP contribution is -2.39. The SMILES string of the molecule is CCN(C(=O)CNCCCS(C)=O)C1CC1. The Labute approximate surface area is 100 Å². The van der Waals surface area contributed by atoms with Crippen molar-refractivity contribution in [3.63, 3.8) is 0 Å². The van der Waals surface area contributed by atoms with E-state index in [1.54, 1.807) is 6.26 Å². The Morgan fingerprint density at radius 1 is 1.50 bits per heavy atom. The van der Waals surface area contributed by atoms with Crippen molar-refractivity contribution < 1.29 is 9.00 Å². The maximum atomic E-state index is 11.8. The second kappa shape index (κ2) is 7.01. The third kappa shape index (κ3) is 5.07. The Hall–Kier alpha value is -0.420. The summed E-state index contributed by atoms with van der Waals surface area (Å²) >= 11 is 0. The standard InChI is InChI=1S/C11H22N2O2S/c1-3-13(10-5-6-10)11(14)9-12-7-4-8-16(2)15/h10,12H,3-9H2,1-2H3. The molecule has 0 spiro atoms. The fraction of sp³-hybridized carbons (Fsp3) is 0.909. The molecule has 1 atom stereocenters. The van der Waals surface area contributed by atoms with Gasteiger partial charge < -0.3 is 10.2 Å². The molecule has 0 radical (unpaired) electrons. The van der Waals surface area contributed by atoms with Crippen LogP contribution in [0.25, 0.3) is 0 Å². The van der Waals surface area contributed by atoms with E-state index in [2.05, 4.69) is 5.32 Å². The molecule has 1 N–H and O–H groups in total. The van der Waals surface area contributed by atoms with Gasteiger partial charge in [-0.15, -0.1) is 0 Å². The largest absolute Gasteiger partial charge is 0.339 e. The first-order valence-electron chi connectivity index (χ1n) is 5.95. The van der Waals surface area contributed by atoms with Crippen molar-refractivity contribution in [2.75, 3.05) is 31.6 Å². The van der Waals surface area contributed by atoms with E-state index in [1.165, 1.54) is 0 Å². The fourth-order valence-electron chi connectivity index (χ4n) is 1.72. The smallest absolute Gasteiger partial charge is 0.236 e. The number of hydrogen-bond acceptors (Lipinski definition) is 3. The van der Waals surface area contributed by atoms with Crippen LogP contribution < -0.4 is 5.32 Å². The molecule has 5 heteroatoms. The van der Waals surface area contributed by atoms with E-state index in [9.17, 15) is 9.00 Å². The van der Waals surface area contributed by atoms with E-state index in [1.807, 2.05) is 11.8 Å². The number of nitrogens with one attached hydrogen (secondary N) is 1. The zero-order chi connectivity index (χ0) is 12.0. The average molecular weight is 246 g/mol. The maximum absolute atomic E-state index is 11.8. The third-order valence-corrected chi connectivity index (χ3v) is 3.57. The summed E-state index contributed by atoms with van der Waals surface area (Å²) in [4.78, 5) is 13.7. The van der Waals surface area contributed by atoms with Crippen LogP contribution >= 0.6 is 0 Å². The fourth-order valence-corrected chi connectivity index (χ4v) is 2.27. The van der Waals surface area contributed by atoms with Gasteiger partial charge in [-0.1, -0.05) is 0 Å². The van der Waals surface area contributed by atoms with Crippen molar-refractivity contribution in [2.45, 2.75) is 32.2 Å². The predicted molar refractivity (Wildman–Crippen MR) is 66.8 cm³/mol. The minimum atomic E-state index is -0.723. The molecule has 0 aromatic rings. The minimum Gasteiger partial charge on any atom is -0.339 e. The number of rotatable bonds is 8. The van der Waals surface area contributed by atoms with Crippen molar-refractivity contribution in [3.8, 4) is 0 Å². The molecule has 1 amide bonds. The molecule has 0 aromatic carbocycles.